The lowest BCUT2D eigenvalue weighted by Gasteiger charge is -2.32. The molecule has 5 heteroatoms. The van der Waals surface area contributed by atoms with Crippen molar-refractivity contribution >= 4 is 5.91 Å². The van der Waals surface area contributed by atoms with Crippen LogP contribution in [0, 0.1) is 0 Å². The van der Waals surface area contributed by atoms with Crippen molar-refractivity contribution in [2.75, 3.05) is 46.9 Å². The Morgan fingerprint density at radius 3 is 2.36 bits per heavy atom. The molecule has 0 spiro atoms. The summed E-state index contributed by atoms with van der Waals surface area (Å²) in [5.41, 5.74) is 2.00. The number of amides is 1. The number of likely N-dealkylation sites (N-methyl/N-ethyl adjacent to an activating group) is 1. The average molecular weight is 340 g/mol. The Kier molecular flexibility index (Phi) is 5.56. The summed E-state index contributed by atoms with van der Waals surface area (Å²) in [5.74, 6) is 1.57. The molecular weight excluding hydrogens is 316 g/mol. The number of benzene rings is 2. The third-order valence-corrected chi connectivity index (χ3v) is 4.50. The molecule has 1 amide bonds. The van der Waals surface area contributed by atoms with Crippen molar-refractivity contribution in [3.05, 3.63) is 48.5 Å². The largest absolute Gasteiger partial charge is 0.497 e. The fourth-order valence-corrected chi connectivity index (χ4v) is 2.89. The molecule has 0 bridgehead atoms. The van der Waals surface area contributed by atoms with E-state index in [-0.39, 0.29) is 12.5 Å². The maximum absolute atomic E-state index is 12.4. The van der Waals surface area contributed by atoms with Gasteiger partial charge in [-0.2, -0.15) is 0 Å². The van der Waals surface area contributed by atoms with Gasteiger partial charge in [-0.15, -0.1) is 0 Å². The van der Waals surface area contributed by atoms with Gasteiger partial charge in [0.15, 0.2) is 6.61 Å². The Morgan fingerprint density at radius 2 is 1.68 bits per heavy atom. The van der Waals surface area contributed by atoms with Crippen LogP contribution in [0.5, 0.6) is 11.5 Å². The quantitative estimate of drug-likeness (QED) is 0.839. The molecule has 0 N–H and O–H groups in total. The Bertz CT molecular complexity index is 707. The molecule has 25 heavy (non-hydrogen) atoms. The minimum atomic E-state index is 0.0395. The molecule has 1 fully saturated rings. The Balaban J connectivity index is 1.67. The van der Waals surface area contributed by atoms with Crippen LogP contribution in [-0.4, -0.2) is 62.7 Å². The van der Waals surface area contributed by atoms with E-state index in [1.807, 2.05) is 53.4 Å². The maximum atomic E-state index is 12.4. The molecular formula is C20H24N2O3. The summed E-state index contributed by atoms with van der Waals surface area (Å²) in [5, 5.41) is 0. The monoisotopic (exact) mass is 340 g/mol. The number of para-hydroxylation sites is 1. The van der Waals surface area contributed by atoms with Gasteiger partial charge in [0.25, 0.3) is 5.91 Å². The van der Waals surface area contributed by atoms with Gasteiger partial charge in [0, 0.05) is 31.7 Å². The summed E-state index contributed by atoms with van der Waals surface area (Å²) < 4.78 is 11.1. The second kappa shape index (κ2) is 8.03. The van der Waals surface area contributed by atoms with Gasteiger partial charge in [0.05, 0.1) is 7.11 Å². The highest BCUT2D eigenvalue weighted by Crippen LogP contribution is 2.31. The molecule has 5 nitrogen and oxygen atoms in total. The Hall–Kier alpha value is -2.53. The smallest absolute Gasteiger partial charge is 0.260 e. The van der Waals surface area contributed by atoms with E-state index in [2.05, 4.69) is 11.9 Å². The molecule has 0 radical (unpaired) electrons. The fourth-order valence-electron chi connectivity index (χ4n) is 2.89. The normalized spacial score (nSPS) is 15.0. The maximum Gasteiger partial charge on any atom is 0.260 e. The molecule has 132 valence electrons. The third kappa shape index (κ3) is 4.31. The first-order valence-corrected chi connectivity index (χ1v) is 8.50. The van der Waals surface area contributed by atoms with Crippen LogP contribution >= 0.6 is 0 Å². The van der Waals surface area contributed by atoms with Crippen molar-refractivity contribution in [1.29, 1.82) is 0 Å². The third-order valence-electron chi connectivity index (χ3n) is 4.50. The molecule has 0 unspecified atom stereocenters. The highest BCUT2D eigenvalue weighted by atomic mass is 16.5. The van der Waals surface area contributed by atoms with Crippen molar-refractivity contribution in [3.8, 4) is 22.6 Å². The van der Waals surface area contributed by atoms with Gasteiger partial charge in [-0.05, 0) is 30.8 Å². The number of carbonyl (C=O) groups is 1. The van der Waals surface area contributed by atoms with Crippen LogP contribution in [-0.2, 0) is 4.79 Å². The summed E-state index contributed by atoms with van der Waals surface area (Å²) in [4.78, 5) is 16.5. The molecule has 3 rings (SSSR count). The van der Waals surface area contributed by atoms with Gasteiger partial charge < -0.3 is 19.3 Å². The zero-order valence-electron chi connectivity index (χ0n) is 14.8. The molecule has 1 heterocycles. The number of rotatable bonds is 5. The molecule has 1 saturated heterocycles. The van der Waals surface area contributed by atoms with Gasteiger partial charge >= 0.3 is 0 Å². The topological polar surface area (TPSA) is 42.0 Å². The van der Waals surface area contributed by atoms with E-state index in [9.17, 15) is 4.79 Å². The van der Waals surface area contributed by atoms with Crippen molar-refractivity contribution in [2.45, 2.75) is 0 Å². The van der Waals surface area contributed by atoms with Crippen molar-refractivity contribution in [3.63, 3.8) is 0 Å². The number of nitrogens with zero attached hydrogens (tertiary/aromatic N) is 2. The minimum absolute atomic E-state index is 0.0395. The Labute approximate surface area is 148 Å². The van der Waals surface area contributed by atoms with Crippen LogP contribution in [0.1, 0.15) is 0 Å². The highest BCUT2D eigenvalue weighted by molar-refractivity contribution is 5.78. The minimum Gasteiger partial charge on any atom is -0.497 e. The van der Waals surface area contributed by atoms with E-state index in [0.717, 1.165) is 48.8 Å². The number of hydrogen-bond donors (Lipinski definition) is 0. The van der Waals surface area contributed by atoms with Crippen LogP contribution < -0.4 is 9.47 Å². The molecule has 0 aliphatic carbocycles. The standard InChI is InChI=1S/C20H24N2O3/c1-21-11-13-22(14-12-21)20(23)15-25-19-6-4-3-5-18(19)16-7-9-17(24-2)10-8-16/h3-10H,11-15H2,1-2H3. The number of carbonyl (C=O) groups excluding carboxylic acids is 1. The number of piperazine rings is 1. The van der Waals surface area contributed by atoms with Crippen LogP contribution in [0.15, 0.2) is 48.5 Å². The van der Waals surface area contributed by atoms with Gasteiger partial charge in [-0.1, -0.05) is 30.3 Å². The molecule has 2 aromatic carbocycles. The average Bonchev–Trinajstić information content (AvgIpc) is 2.67. The molecule has 0 atom stereocenters. The summed E-state index contributed by atoms with van der Waals surface area (Å²) in [6.45, 7) is 3.41. The second-order valence-corrected chi connectivity index (χ2v) is 6.20. The summed E-state index contributed by atoms with van der Waals surface area (Å²) in [7, 11) is 3.72. The molecule has 1 aliphatic rings. The van der Waals surface area contributed by atoms with E-state index >= 15 is 0 Å². The van der Waals surface area contributed by atoms with Gasteiger partial charge in [-0.3, -0.25) is 4.79 Å². The summed E-state index contributed by atoms with van der Waals surface area (Å²) in [6, 6.07) is 15.6. The lowest BCUT2D eigenvalue weighted by Crippen LogP contribution is -2.48. The van der Waals surface area contributed by atoms with Crippen LogP contribution in [0.25, 0.3) is 11.1 Å². The highest BCUT2D eigenvalue weighted by Gasteiger charge is 2.19. The zero-order chi connectivity index (χ0) is 17.6. The lowest BCUT2D eigenvalue weighted by atomic mass is 10.0. The van der Waals surface area contributed by atoms with E-state index < -0.39 is 0 Å². The van der Waals surface area contributed by atoms with Crippen molar-refractivity contribution in [2.24, 2.45) is 0 Å². The first kappa shape index (κ1) is 17.3. The molecule has 0 aromatic heterocycles. The summed E-state index contributed by atoms with van der Waals surface area (Å²) >= 11 is 0. The van der Waals surface area contributed by atoms with Gasteiger partial charge in [0.2, 0.25) is 0 Å². The van der Waals surface area contributed by atoms with Crippen molar-refractivity contribution in [1.82, 2.24) is 9.80 Å². The summed E-state index contributed by atoms with van der Waals surface area (Å²) in [6.07, 6.45) is 0. The predicted octanol–water partition coefficient (Wildman–Crippen LogP) is 2.52. The van der Waals surface area contributed by atoms with E-state index in [0.29, 0.717) is 0 Å². The van der Waals surface area contributed by atoms with Crippen molar-refractivity contribution < 1.29 is 14.3 Å². The van der Waals surface area contributed by atoms with E-state index in [4.69, 9.17) is 9.47 Å². The van der Waals surface area contributed by atoms with E-state index in [1.54, 1.807) is 7.11 Å². The number of methoxy groups -OCH3 is 1. The SMILES string of the molecule is COc1ccc(-c2ccccc2OCC(=O)N2CCN(C)CC2)cc1. The van der Waals surface area contributed by atoms with Crippen LogP contribution in [0.3, 0.4) is 0 Å². The number of hydrogen-bond acceptors (Lipinski definition) is 4. The second-order valence-electron chi connectivity index (χ2n) is 6.20. The Morgan fingerprint density at radius 1 is 1.00 bits per heavy atom. The van der Waals surface area contributed by atoms with Crippen LogP contribution in [0.4, 0.5) is 0 Å². The predicted molar refractivity (Wildman–Crippen MR) is 98.0 cm³/mol. The zero-order valence-corrected chi connectivity index (χ0v) is 14.8. The van der Waals surface area contributed by atoms with Gasteiger partial charge in [-0.25, -0.2) is 0 Å². The molecule has 2 aromatic rings. The van der Waals surface area contributed by atoms with Crippen LogP contribution in [0.2, 0.25) is 0 Å². The lowest BCUT2D eigenvalue weighted by molar-refractivity contribution is -0.134. The van der Waals surface area contributed by atoms with E-state index in [1.165, 1.54) is 0 Å². The molecule has 0 saturated carbocycles. The number of ether oxygens (including phenoxy) is 2. The first-order chi connectivity index (χ1) is 12.2. The van der Waals surface area contributed by atoms with Gasteiger partial charge in [0.1, 0.15) is 11.5 Å². The first-order valence-electron chi connectivity index (χ1n) is 8.50. The fraction of sp³-hybridized carbons (Fsp3) is 0.350. The molecule has 1 aliphatic heterocycles.